The van der Waals surface area contributed by atoms with Gasteiger partial charge in [-0.15, -0.1) is 6.58 Å². The molecule has 0 radical (unpaired) electrons. The Hall–Kier alpha value is -12.0. The summed E-state index contributed by atoms with van der Waals surface area (Å²) < 4.78 is 17.7. The minimum absolute atomic E-state index is 0. The number of aryl methyl sites for hydroxylation is 3. The highest BCUT2D eigenvalue weighted by Crippen LogP contribution is 2.69. The van der Waals surface area contributed by atoms with E-state index in [-0.39, 0.29) is 55.6 Å². The molecule has 2 aliphatic carbocycles. The number of hydrogen-bond donors (Lipinski definition) is 4. The van der Waals surface area contributed by atoms with Gasteiger partial charge in [-0.2, -0.15) is 10.2 Å². The van der Waals surface area contributed by atoms with Crippen LogP contribution in [0.1, 0.15) is 282 Å². The Bertz CT molecular complexity index is 6260. The molecule has 13 aromatic rings. The second-order valence-corrected chi connectivity index (χ2v) is 41.0. The first kappa shape index (κ1) is 105. The van der Waals surface area contributed by atoms with Crippen molar-refractivity contribution in [1.29, 1.82) is 0 Å². The van der Waals surface area contributed by atoms with Crippen molar-refractivity contribution < 1.29 is 33.5 Å². The van der Waals surface area contributed by atoms with Crippen molar-refractivity contribution in [3.05, 3.63) is 263 Å². The number of fused-ring (bicyclic) bond motifs is 7. The Labute approximate surface area is 801 Å². The van der Waals surface area contributed by atoms with E-state index in [4.69, 9.17) is 10.5 Å². The van der Waals surface area contributed by atoms with Crippen LogP contribution in [0.15, 0.2) is 224 Å². The lowest BCUT2D eigenvalue weighted by Gasteiger charge is -2.32. The van der Waals surface area contributed by atoms with Crippen LogP contribution in [0.2, 0.25) is 0 Å². The standard InChI is InChI=1S/C26H30N2O.C23H32N2O.C23H26N2O.C21H31N3O3.C19H26N4O2.2CH4/c1-4-5-6-12-18-27-22-16-11-10-15-21(22)24-23(27)17-19-28(25(24)29)26(2,3)20-13-8-7-9-14-20;1-22(2)21(23(22,3)4)20(26)18-15-25(19-12-7-6-11-17(18)19)14-16-10-8-9-13-24(16)5;1-23(2,18-11-4-3-5-12-18)24-22(26)20-16-25(15-17-9-8-10-17)21-14-7-6-13-19(20)21;1-6-8-11-14-24-16-13-10-9-12-15(16)17(23-24)19(25)22-18(21(3,4)5)20(26)27-7-2;1-5-6-9-12-23-14-11-8-7-10-13(14)15(22-23)18(25)21-16(17(20)24)19(2,3)4;;/h7-11,13-17,19H,4-6,12,18H2,1-3H3;6-7,11-12,15-16,21H,8-10,13-14H2,1-5H3;3-7,11-14,16-17H,8-10,15H2,1-2H3,(H,24,26);9-10,12-13,18H,6-8,11,14H2,1-5H3,(H,22,25);5,7-8,10-11,16H,1,6,9,12H2,2-4H3,(H2,20,24)(H,21,25);2*1H4/t;16-;;;;;/m.0...../s1. The van der Waals surface area contributed by atoms with Crippen LogP contribution in [0.4, 0.5) is 0 Å². The fraction of sp³-hybridized carbons (Fsp3) is 0.465. The number of allylic oxidation sites excluding steroid dienone is 1. The summed E-state index contributed by atoms with van der Waals surface area (Å²) in [7, 11) is 2.23. The molecule has 4 amide bonds. The highest BCUT2D eigenvalue weighted by molar-refractivity contribution is 6.12. The summed E-state index contributed by atoms with van der Waals surface area (Å²) in [4.78, 5) is 92.5. The third kappa shape index (κ3) is 24.1. The first-order valence-electron chi connectivity index (χ1n) is 48.5. The lowest BCUT2D eigenvalue weighted by Crippen LogP contribution is -2.52. The first-order chi connectivity index (χ1) is 63.4. The molecule has 21 heteroatoms. The van der Waals surface area contributed by atoms with Gasteiger partial charge in [0.05, 0.1) is 45.2 Å². The predicted octanol–water partition coefficient (Wildman–Crippen LogP) is 24.3. The molecular formula is C114H153N13O8. The molecule has 3 fully saturated rings. The second kappa shape index (κ2) is 45.6. The quantitative estimate of drug-likeness (QED) is 0.0138. The summed E-state index contributed by atoms with van der Waals surface area (Å²) >= 11 is 0. The van der Waals surface area contributed by atoms with Crippen LogP contribution in [-0.2, 0) is 58.1 Å². The largest absolute Gasteiger partial charge is 0.464 e. The molecular weight excluding hydrogens is 1680 g/mol. The maximum atomic E-state index is 13.7. The van der Waals surface area contributed by atoms with Gasteiger partial charge in [0.1, 0.15) is 12.1 Å². The zero-order valence-electron chi connectivity index (χ0n) is 82.2. The predicted molar refractivity (Wildman–Crippen MR) is 556 cm³/mol. The molecule has 5 N–H and O–H groups in total. The third-order valence-corrected chi connectivity index (χ3v) is 28.0. The minimum atomic E-state index is -0.773. The number of ketones is 1. The van der Waals surface area contributed by atoms with Crippen LogP contribution in [0.25, 0.3) is 65.4 Å². The molecule has 1 saturated heterocycles. The molecule has 16 rings (SSSR count). The van der Waals surface area contributed by atoms with Crippen LogP contribution in [0.5, 0.6) is 0 Å². The fourth-order valence-electron chi connectivity index (χ4n) is 19.2. The summed E-state index contributed by atoms with van der Waals surface area (Å²) in [5.74, 6) is -0.546. The van der Waals surface area contributed by atoms with Crippen LogP contribution >= 0.6 is 0 Å². The highest BCUT2D eigenvalue weighted by atomic mass is 16.5. The number of carbonyl (C=O) groups excluding carboxylic acids is 6. The van der Waals surface area contributed by atoms with Gasteiger partial charge in [-0.05, 0) is 175 Å². The lowest BCUT2D eigenvalue weighted by atomic mass is 9.85. The number of likely N-dealkylation sites (tertiary alicyclic amines) is 1. The fourth-order valence-corrected chi connectivity index (χ4v) is 19.2. The van der Waals surface area contributed by atoms with Crippen LogP contribution < -0.4 is 27.2 Å². The average Bonchev–Trinajstić information content (AvgIpc) is 1.52. The molecule has 722 valence electrons. The number of esters is 1. The summed E-state index contributed by atoms with van der Waals surface area (Å²) in [6.07, 6.45) is 25.7. The number of para-hydroxylation sites is 5. The average molecular weight is 1830 g/mol. The number of hydrogen-bond acceptors (Lipinski definition) is 11. The van der Waals surface area contributed by atoms with Gasteiger partial charge in [0.2, 0.25) is 5.91 Å². The summed E-state index contributed by atoms with van der Waals surface area (Å²) in [6, 6.07) is 61.8. The van der Waals surface area contributed by atoms with Crippen LogP contribution in [0.3, 0.4) is 0 Å². The van der Waals surface area contributed by atoms with Gasteiger partial charge in [-0.3, -0.25) is 38.1 Å². The Morgan fingerprint density at radius 2 is 0.978 bits per heavy atom. The molecule has 2 unspecified atom stereocenters. The Morgan fingerprint density at radius 1 is 0.511 bits per heavy atom. The van der Waals surface area contributed by atoms with Gasteiger partial charge in [-0.1, -0.05) is 301 Å². The van der Waals surface area contributed by atoms with E-state index in [2.05, 4.69) is 211 Å². The molecule has 7 heterocycles. The zero-order valence-corrected chi connectivity index (χ0v) is 82.2. The number of rotatable bonds is 31. The molecule has 7 aromatic carbocycles. The highest BCUT2D eigenvalue weighted by Gasteiger charge is 2.68. The number of aromatic nitrogens is 8. The Kier molecular flexibility index (Phi) is 35.5. The van der Waals surface area contributed by atoms with Gasteiger partial charge < -0.3 is 49.6 Å². The number of piperidine rings is 1. The molecule has 6 aromatic heterocycles. The van der Waals surface area contributed by atoms with Crippen molar-refractivity contribution in [3.63, 3.8) is 0 Å². The van der Waals surface area contributed by atoms with E-state index in [1.54, 1.807) is 6.92 Å². The number of nitrogens with two attached hydrogens (primary N) is 1. The molecule has 3 atom stereocenters. The summed E-state index contributed by atoms with van der Waals surface area (Å²) in [5.41, 5.74) is 14.9. The van der Waals surface area contributed by atoms with E-state index in [9.17, 15) is 33.6 Å². The zero-order chi connectivity index (χ0) is 95.9. The number of primary amides is 1. The molecule has 135 heavy (non-hydrogen) atoms. The molecule has 21 nitrogen and oxygen atoms in total. The molecule has 2 saturated carbocycles. The Balaban J connectivity index is 0.000000174. The van der Waals surface area contributed by atoms with E-state index < -0.39 is 51.8 Å². The maximum Gasteiger partial charge on any atom is 0.329 e. The number of pyridine rings is 1. The van der Waals surface area contributed by atoms with Crippen molar-refractivity contribution in [2.24, 2.45) is 39.2 Å². The van der Waals surface area contributed by atoms with E-state index in [0.29, 0.717) is 29.8 Å². The first-order valence-corrected chi connectivity index (χ1v) is 48.5. The lowest BCUT2D eigenvalue weighted by molar-refractivity contribution is -0.148. The smallest absolute Gasteiger partial charge is 0.329 e. The Morgan fingerprint density at radius 3 is 1.48 bits per heavy atom. The monoisotopic (exact) mass is 1830 g/mol. The number of amides is 4. The molecule has 1 aliphatic heterocycles. The number of Topliss-reactive ketones (excluding diaryl/α,β-unsaturated/α-hetero) is 1. The topological polar surface area (TPSA) is 249 Å². The summed E-state index contributed by atoms with van der Waals surface area (Å²) in [6.45, 7) is 44.2. The van der Waals surface area contributed by atoms with Gasteiger partial charge >= 0.3 is 5.97 Å². The third-order valence-electron chi connectivity index (χ3n) is 28.0. The van der Waals surface area contributed by atoms with E-state index in [1.807, 2.05) is 185 Å². The number of nitrogens with zero attached hydrogens (tertiary/aromatic N) is 9. The van der Waals surface area contributed by atoms with Gasteiger partial charge in [0.25, 0.3) is 23.3 Å². The second-order valence-electron chi connectivity index (χ2n) is 41.0. The van der Waals surface area contributed by atoms with Gasteiger partial charge in [0, 0.05) is 112 Å². The van der Waals surface area contributed by atoms with Crippen molar-refractivity contribution in [2.45, 2.75) is 291 Å². The van der Waals surface area contributed by atoms with E-state index in [0.717, 1.165) is 153 Å². The number of nitrogens with one attached hydrogen (secondary N) is 3. The van der Waals surface area contributed by atoms with E-state index >= 15 is 0 Å². The molecule has 0 bridgehead atoms. The molecule has 0 spiro atoms. The normalized spacial score (nSPS) is 15.3. The van der Waals surface area contributed by atoms with Gasteiger partial charge in [-0.25, -0.2) is 4.79 Å². The van der Waals surface area contributed by atoms with E-state index in [1.165, 1.54) is 69.8 Å². The van der Waals surface area contributed by atoms with Crippen molar-refractivity contribution in [3.8, 4) is 0 Å². The SMILES string of the molecule is C.C.C=CCCCn1nc(C(=O)NC(C(N)=O)C(C)(C)C)c2ccccc21.CC(C)(NC(=O)c1cn(CC2CCC2)c2ccccc12)c1ccccc1.CCCCCCn1c2ccccc2c2c(=O)n(C(C)(C)c3ccccc3)ccc21.CCCCCn1nc(C(=O)NC(C(=O)OCC)C(C)(C)C)c2ccccc21.CN1CCCC[C@H]1Cn1cc(C(=O)C2C(C)(C)C2(C)C)c2ccccc21. The van der Waals surface area contributed by atoms with Crippen molar-refractivity contribution >= 4 is 101 Å². The van der Waals surface area contributed by atoms with Crippen molar-refractivity contribution in [2.75, 3.05) is 20.2 Å². The summed E-state index contributed by atoms with van der Waals surface area (Å²) in [5, 5.41) is 23.4. The minimum Gasteiger partial charge on any atom is -0.464 e. The molecule has 3 aliphatic rings. The van der Waals surface area contributed by atoms with Gasteiger partial charge in [0.15, 0.2) is 17.2 Å². The number of unbranched alkanes of at least 4 members (excludes halogenated alkanes) is 6. The van der Waals surface area contributed by atoms with Crippen molar-refractivity contribution in [1.82, 2.24) is 58.7 Å². The number of benzene rings is 7. The van der Waals surface area contributed by atoms with Crippen LogP contribution in [-0.4, -0.2) is 116 Å². The number of likely N-dealkylation sites (N-methyl/N-ethyl adjacent to an activating group) is 1. The number of ether oxygens (including phenoxy) is 1. The number of carbonyl (C=O) groups is 6. The van der Waals surface area contributed by atoms with Crippen LogP contribution in [0, 0.1) is 33.5 Å². The maximum absolute atomic E-state index is 13.7.